The van der Waals surface area contributed by atoms with Gasteiger partial charge in [0.05, 0.1) is 5.56 Å². The van der Waals surface area contributed by atoms with Crippen molar-refractivity contribution in [2.45, 2.75) is 6.42 Å². The average molecular weight is 188 g/mol. The van der Waals surface area contributed by atoms with E-state index in [1.54, 1.807) is 18.3 Å². The van der Waals surface area contributed by atoms with E-state index in [1.807, 2.05) is 0 Å². The minimum Gasteiger partial charge on any atom is -0.352 e. The number of carbonyl (C=O) groups excluding carboxylic acids is 1. The molecule has 2 heterocycles. The van der Waals surface area contributed by atoms with Gasteiger partial charge in [-0.05, 0) is 18.6 Å². The number of hydrogen-bond acceptors (Lipinski definition) is 3. The lowest BCUT2D eigenvalue weighted by atomic mass is 10.2. The normalized spacial score (nSPS) is 15.6. The van der Waals surface area contributed by atoms with Crippen LogP contribution in [-0.4, -0.2) is 24.4 Å². The predicted octanol–water partition coefficient (Wildman–Crippen LogP) is 1.66. The summed E-state index contributed by atoms with van der Waals surface area (Å²) in [7, 11) is 0. The molecule has 0 saturated carbocycles. The number of anilines is 1. The highest BCUT2D eigenvalue weighted by Gasteiger charge is 2.11. The van der Waals surface area contributed by atoms with Gasteiger partial charge in [-0.25, -0.2) is 4.98 Å². The maximum Gasteiger partial charge on any atom is 0.153 e. The SMILES string of the molecule is O=Cc1cccnc1N1CC=CCC1. The highest BCUT2D eigenvalue weighted by molar-refractivity contribution is 5.82. The lowest BCUT2D eigenvalue weighted by Gasteiger charge is -2.25. The molecule has 0 N–H and O–H groups in total. The molecule has 72 valence electrons. The molecule has 0 aliphatic carbocycles. The zero-order valence-corrected chi connectivity index (χ0v) is 7.89. The van der Waals surface area contributed by atoms with E-state index < -0.39 is 0 Å². The molecule has 0 amide bonds. The molecule has 1 aromatic heterocycles. The standard InChI is InChI=1S/C11H12N2O/c14-9-10-5-4-6-12-11(10)13-7-2-1-3-8-13/h1-2,4-6,9H,3,7-8H2. The quantitative estimate of drug-likeness (QED) is 0.522. The smallest absolute Gasteiger partial charge is 0.153 e. The van der Waals surface area contributed by atoms with Crippen molar-refractivity contribution in [3.8, 4) is 0 Å². The first-order valence-corrected chi connectivity index (χ1v) is 4.72. The van der Waals surface area contributed by atoms with Crippen molar-refractivity contribution in [3.63, 3.8) is 0 Å². The molecule has 0 bridgehead atoms. The molecule has 3 nitrogen and oxygen atoms in total. The van der Waals surface area contributed by atoms with Gasteiger partial charge in [-0.2, -0.15) is 0 Å². The van der Waals surface area contributed by atoms with E-state index in [2.05, 4.69) is 22.0 Å². The zero-order valence-electron chi connectivity index (χ0n) is 7.89. The van der Waals surface area contributed by atoms with Crippen molar-refractivity contribution >= 4 is 12.1 Å². The Balaban J connectivity index is 2.30. The highest BCUT2D eigenvalue weighted by atomic mass is 16.1. The van der Waals surface area contributed by atoms with Crippen LogP contribution in [-0.2, 0) is 0 Å². The number of aromatic nitrogens is 1. The van der Waals surface area contributed by atoms with E-state index in [0.717, 1.165) is 31.6 Å². The van der Waals surface area contributed by atoms with Gasteiger partial charge in [0.25, 0.3) is 0 Å². The Kier molecular flexibility index (Phi) is 2.58. The molecule has 0 unspecified atom stereocenters. The number of nitrogens with zero attached hydrogens (tertiary/aromatic N) is 2. The van der Waals surface area contributed by atoms with Crippen molar-refractivity contribution in [2.24, 2.45) is 0 Å². The average Bonchev–Trinajstić information content (AvgIpc) is 2.30. The van der Waals surface area contributed by atoms with Crippen LogP contribution in [0.2, 0.25) is 0 Å². The summed E-state index contributed by atoms with van der Waals surface area (Å²) in [5.74, 6) is 0.798. The maximum absolute atomic E-state index is 10.8. The number of rotatable bonds is 2. The molecule has 2 rings (SSSR count). The fourth-order valence-corrected chi connectivity index (χ4v) is 1.60. The highest BCUT2D eigenvalue weighted by Crippen LogP contribution is 2.17. The van der Waals surface area contributed by atoms with Gasteiger partial charge < -0.3 is 4.90 Å². The van der Waals surface area contributed by atoms with Crippen LogP contribution in [0.5, 0.6) is 0 Å². The van der Waals surface area contributed by atoms with Gasteiger partial charge in [-0.15, -0.1) is 0 Å². The Morgan fingerprint density at radius 1 is 1.43 bits per heavy atom. The van der Waals surface area contributed by atoms with Gasteiger partial charge in [-0.3, -0.25) is 4.79 Å². The molecule has 1 aliphatic heterocycles. The fourth-order valence-electron chi connectivity index (χ4n) is 1.60. The minimum atomic E-state index is 0.669. The van der Waals surface area contributed by atoms with Gasteiger partial charge in [0, 0.05) is 19.3 Å². The van der Waals surface area contributed by atoms with E-state index in [-0.39, 0.29) is 0 Å². The summed E-state index contributed by atoms with van der Waals surface area (Å²) < 4.78 is 0. The summed E-state index contributed by atoms with van der Waals surface area (Å²) in [5, 5.41) is 0. The van der Waals surface area contributed by atoms with Crippen LogP contribution in [0.4, 0.5) is 5.82 Å². The van der Waals surface area contributed by atoms with Crippen LogP contribution in [0.25, 0.3) is 0 Å². The monoisotopic (exact) mass is 188 g/mol. The van der Waals surface area contributed by atoms with Gasteiger partial charge in [-0.1, -0.05) is 12.2 Å². The molecule has 0 radical (unpaired) electrons. The first kappa shape index (κ1) is 8.94. The summed E-state index contributed by atoms with van der Waals surface area (Å²) in [6.07, 6.45) is 7.86. The van der Waals surface area contributed by atoms with Crippen molar-refractivity contribution in [2.75, 3.05) is 18.0 Å². The summed E-state index contributed by atoms with van der Waals surface area (Å²) >= 11 is 0. The maximum atomic E-state index is 10.8. The number of pyridine rings is 1. The van der Waals surface area contributed by atoms with Crippen LogP contribution in [0.1, 0.15) is 16.8 Å². The molecule has 1 aliphatic rings. The molecular weight excluding hydrogens is 176 g/mol. The lowest BCUT2D eigenvalue weighted by Crippen LogP contribution is -2.28. The van der Waals surface area contributed by atoms with Crippen molar-refractivity contribution in [3.05, 3.63) is 36.0 Å². The Hall–Kier alpha value is -1.64. The van der Waals surface area contributed by atoms with Gasteiger partial charge in [0.2, 0.25) is 0 Å². The van der Waals surface area contributed by atoms with Gasteiger partial charge in [0.15, 0.2) is 6.29 Å². The molecule has 0 aromatic carbocycles. The fraction of sp³-hybridized carbons (Fsp3) is 0.273. The molecule has 3 heteroatoms. The summed E-state index contributed by atoms with van der Waals surface area (Å²) in [4.78, 5) is 17.1. The second kappa shape index (κ2) is 4.05. The van der Waals surface area contributed by atoms with Crippen LogP contribution in [0.3, 0.4) is 0 Å². The van der Waals surface area contributed by atoms with Crippen LogP contribution >= 0.6 is 0 Å². The zero-order chi connectivity index (χ0) is 9.80. The summed E-state index contributed by atoms with van der Waals surface area (Å²) in [6, 6.07) is 3.58. The van der Waals surface area contributed by atoms with E-state index in [0.29, 0.717) is 5.56 Å². The second-order valence-electron chi connectivity index (χ2n) is 3.24. The molecule has 14 heavy (non-hydrogen) atoms. The summed E-state index contributed by atoms with van der Waals surface area (Å²) in [5.41, 5.74) is 0.669. The number of carbonyl (C=O) groups is 1. The van der Waals surface area contributed by atoms with Crippen LogP contribution < -0.4 is 4.90 Å². The molecule has 0 spiro atoms. The molecular formula is C11H12N2O. The van der Waals surface area contributed by atoms with Crippen LogP contribution in [0, 0.1) is 0 Å². The molecule has 0 atom stereocenters. The van der Waals surface area contributed by atoms with E-state index in [1.165, 1.54) is 0 Å². The van der Waals surface area contributed by atoms with Crippen molar-refractivity contribution < 1.29 is 4.79 Å². The largest absolute Gasteiger partial charge is 0.352 e. The van der Waals surface area contributed by atoms with Gasteiger partial charge >= 0.3 is 0 Å². The number of aldehydes is 1. The Morgan fingerprint density at radius 3 is 3.07 bits per heavy atom. The van der Waals surface area contributed by atoms with Crippen molar-refractivity contribution in [1.29, 1.82) is 0 Å². The van der Waals surface area contributed by atoms with E-state index in [4.69, 9.17) is 0 Å². The Labute approximate surface area is 83.1 Å². The van der Waals surface area contributed by atoms with Gasteiger partial charge in [0.1, 0.15) is 5.82 Å². The van der Waals surface area contributed by atoms with Crippen molar-refractivity contribution in [1.82, 2.24) is 4.98 Å². The number of hydrogen-bond donors (Lipinski definition) is 0. The molecule has 0 fully saturated rings. The molecule has 1 aromatic rings. The topological polar surface area (TPSA) is 33.2 Å². The molecule has 0 saturated heterocycles. The first-order chi connectivity index (χ1) is 6.92. The first-order valence-electron chi connectivity index (χ1n) is 4.72. The lowest BCUT2D eigenvalue weighted by molar-refractivity contribution is 0.112. The van der Waals surface area contributed by atoms with E-state index in [9.17, 15) is 4.79 Å². The Morgan fingerprint density at radius 2 is 2.36 bits per heavy atom. The Bertz CT molecular complexity index is 360. The van der Waals surface area contributed by atoms with Crippen LogP contribution in [0.15, 0.2) is 30.5 Å². The third-order valence-corrected chi connectivity index (χ3v) is 2.30. The summed E-state index contributed by atoms with van der Waals surface area (Å²) in [6.45, 7) is 1.78. The second-order valence-corrected chi connectivity index (χ2v) is 3.24. The third-order valence-electron chi connectivity index (χ3n) is 2.30. The predicted molar refractivity (Wildman–Crippen MR) is 55.6 cm³/mol. The third kappa shape index (κ3) is 1.66. The minimum absolute atomic E-state index is 0.669. The van der Waals surface area contributed by atoms with E-state index >= 15 is 0 Å².